The summed E-state index contributed by atoms with van der Waals surface area (Å²) in [5, 5.41) is 3.37. The minimum Gasteiger partial charge on any atom is -0.495 e. The number of carbonyl (C=O) groups excluding carboxylic acids is 1. The zero-order valence-corrected chi connectivity index (χ0v) is 17.5. The maximum absolute atomic E-state index is 12.8. The molecule has 0 bridgehead atoms. The molecule has 3 aromatic rings. The van der Waals surface area contributed by atoms with Crippen LogP contribution in [0.3, 0.4) is 0 Å². The summed E-state index contributed by atoms with van der Waals surface area (Å²) in [6, 6.07) is 12.8. The Morgan fingerprint density at radius 1 is 1.00 bits per heavy atom. The van der Waals surface area contributed by atoms with Gasteiger partial charge in [-0.05, 0) is 30.3 Å². The van der Waals surface area contributed by atoms with E-state index in [0.717, 1.165) is 11.4 Å². The number of rotatable bonds is 4. The summed E-state index contributed by atoms with van der Waals surface area (Å²) in [6.07, 6.45) is 0. The fourth-order valence-electron chi connectivity index (χ4n) is 3.46. The molecule has 8 nitrogen and oxygen atoms in total. The standard InChI is InChI=1S/C21H22ClN5O3/c1-29-18-6-4-3-5-17(18)26-9-11-27(12-10-26)21(28)25-19-20(30-2)24-15-8-7-14(22)13-16(15)23-19/h3-8,13H,9-12H2,1-2H3,(H,23,25,28). The number of methoxy groups -OCH3 is 2. The zero-order valence-electron chi connectivity index (χ0n) is 16.8. The molecule has 1 N–H and O–H groups in total. The second-order valence-corrected chi connectivity index (χ2v) is 7.23. The molecule has 1 aromatic heterocycles. The van der Waals surface area contributed by atoms with Gasteiger partial charge in [0.1, 0.15) is 5.75 Å². The molecule has 2 heterocycles. The number of anilines is 2. The van der Waals surface area contributed by atoms with Crippen LogP contribution >= 0.6 is 11.6 Å². The van der Waals surface area contributed by atoms with Crippen molar-refractivity contribution in [1.82, 2.24) is 14.9 Å². The van der Waals surface area contributed by atoms with Crippen LogP contribution in [0.2, 0.25) is 5.02 Å². The van der Waals surface area contributed by atoms with Gasteiger partial charge < -0.3 is 19.3 Å². The van der Waals surface area contributed by atoms with Gasteiger partial charge in [-0.1, -0.05) is 23.7 Å². The third-order valence-corrected chi connectivity index (χ3v) is 5.24. The van der Waals surface area contributed by atoms with Crippen LogP contribution in [-0.4, -0.2) is 61.3 Å². The van der Waals surface area contributed by atoms with Crippen molar-refractivity contribution in [3.8, 4) is 11.6 Å². The number of piperazine rings is 1. The first kappa shape index (κ1) is 20.0. The number of benzene rings is 2. The highest BCUT2D eigenvalue weighted by atomic mass is 35.5. The molecule has 9 heteroatoms. The molecule has 2 amide bonds. The van der Waals surface area contributed by atoms with Crippen LogP contribution in [0, 0.1) is 0 Å². The lowest BCUT2D eigenvalue weighted by molar-refractivity contribution is 0.208. The number of aromatic nitrogens is 2. The van der Waals surface area contributed by atoms with Gasteiger partial charge in [0.25, 0.3) is 5.88 Å². The van der Waals surface area contributed by atoms with Crippen molar-refractivity contribution in [2.24, 2.45) is 0 Å². The molecule has 0 spiro atoms. The van der Waals surface area contributed by atoms with E-state index in [4.69, 9.17) is 21.1 Å². The van der Waals surface area contributed by atoms with Crippen molar-refractivity contribution in [3.63, 3.8) is 0 Å². The topological polar surface area (TPSA) is 79.8 Å². The normalized spacial score (nSPS) is 14.0. The number of fused-ring (bicyclic) bond motifs is 1. The van der Waals surface area contributed by atoms with E-state index >= 15 is 0 Å². The van der Waals surface area contributed by atoms with Crippen LogP contribution in [0.1, 0.15) is 0 Å². The Morgan fingerprint density at radius 2 is 1.77 bits per heavy atom. The zero-order chi connectivity index (χ0) is 21.1. The fourth-order valence-corrected chi connectivity index (χ4v) is 3.62. The molecule has 0 aliphatic carbocycles. The van der Waals surface area contributed by atoms with E-state index < -0.39 is 0 Å². The Hall–Kier alpha value is -3.26. The van der Waals surface area contributed by atoms with Gasteiger partial charge in [-0.25, -0.2) is 14.8 Å². The molecule has 1 aliphatic heterocycles. The van der Waals surface area contributed by atoms with Crippen molar-refractivity contribution in [3.05, 3.63) is 47.5 Å². The van der Waals surface area contributed by atoms with Crippen molar-refractivity contribution in [2.75, 3.05) is 50.6 Å². The van der Waals surface area contributed by atoms with Crippen molar-refractivity contribution in [2.45, 2.75) is 0 Å². The molecule has 156 valence electrons. The number of hydrogen-bond acceptors (Lipinski definition) is 6. The number of nitrogens with zero attached hydrogens (tertiary/aromatic N) is 4. The van der Waals surface area contributed by atoms with Gasteiger partial charge in [-0.2, -0.15) is 0 Å². The quantitative estimate of drug-likeness (QED) is 0.684. The van der Waals surface area contributed by atoms with Gasteiger partial charge in [-0.15, -0.1) is 0 Å². The van der Waals surface area contributed by atoms with Crippen LogP contribution in [0.4, 0.5) is 16.3 Å². The van der Waals surface area contributed by atoms with E-state index in [-0.39, 0.29) is 17.7 Å². The van der Waals surface area contributed by atoms with Crippen LogP contribution < -0.4 is 19.7 Å². The Bertz CT molecular complexity index is 1070. The average molecular weight is 428 g/mol. The molecular weight excluding hydrogens is 406 g/mol. The van der Waals surface area contributed by atoms with Gasteiger partial charge in [0.15, 0.2) is 5.82 Å². The smallest absolute Gasteiger partial charge is 0.323 e. The molecule has 0 saturated carbocycles. The molecule has 2 aromatic carbocycles. The first-order chi connectivity index (χ1) is 14.6. The van der Waals surface area contributed by atoms with Crippen molar-refractivity contribution < 1.29 is 14.3 Å². The lowest BCUT2D eigenvalue weighted by Gasteiger charge is -2.36. The molecule has 0 unspecified atom stereocenters. The maximum Gasteiger partial charge on any atom is 0.323 e. The Morgan fingerprint density at radius 3 is 2.50 bits per heavy atom. The highest BCUT2D eigenvalue weighted by molar-refractivity contribution is 6.31. The van der Waals surface area contributed by atoms with Gasteiger partial charge in [0.05, 0.1) is 30.9 Å². The SMILES string of the molecule is COc1ccccc1N1CCN(C(=O)Nc2nc3cc(Cl)ccc3nc2OC)CC1. The summed E-state index contributed by atoms with van der Waals surface area (Å²) < 4.78 is 10.8. The van der Waals surface area contributed by atoms with E-state index in [1.807, 2.05) is 24.3 Å². The second kappa shape index (κ2) is 8.62. The number of halogens is 1. The van der Waals surface area contributed by atoms with Crippen LogP contribution in [-0.2, 0) is 0 Å². The molecular formula is C21H22ClN5O3. The van der Waals surface area contributed by atoms with E-state index in [9.17, 15) is 4.79 Å². The highest BCUT2D eigenvalue weighted by Crippen LogP contribution is 2.29. The van der Waals surface area contributed by atoms with Gasteiger partial charge >= 0.3 is 6.03 Å². The molecule has 1 fully saturated rings. The first-order valence-corrected chi connectivity index (χ1v) is 9.92. The Labute approximate surface area is 179 Å². The number of amides is 2. The summed E-state index contributed by atoms with van der Waals surface area (Å²) >= 11 is 6.05. The third-order valence-electron chi connectivity index (χ3n) is 5.01. The maximum atomic E-state index is 12.8. The Kier molecular flexibility index (Phi) is 5.76. The fraction of sp³-hybridized carbons (Fsp3) is 0.286. The number of nitrogens with one attached hydrogen (secondary N) is 1. The third kappa shape index (κ3) is 4.04. The molecule has 1 aliphatic rings. The van der Waals surface area contributed by atoms with Crippen molar-refractivity contribution >= 4 is 40.2 Å². The van der Waals surface area contributed by atoms with Crippen LogP contribution in [0.15, 0.2) is 42.5 Å². The lowest BCUT2D eigenvalue weighted by Crippen LogP contribution is -2.50. The first-order valence-electron chi connectivity index (χ1n) is 9.54. The van der Waals surface area contributed by atoms with E-state index in [2.05, 4.69) is 20.2 Å². The number of para-hydroxylation sites is 2. The van der Waals surface area contributed by atoms with E-state index in [1.54, 1.807) is 30.2 Å². The van der Waals surface area contributed by atoms with E-state index in [0.29, 0.717) is 42.2 Å². The number of ether oxygens (including phenoxy) is 2. The molecule has 4 rings (SSSR count). The largest absolute Gasteiger partial charge is 0.495 e. The summed E-state index contributed by atoms with van der Waals surface area (Å²) in [6.45, 7) is 2.53. The number of hydrogen-bond donors (Lipinski definition) is 1. The predicted octanol–water partition coefficient (Wildman–Crippen LogP) is 3.65. The summed E-state index contributed by atoms with van der Waals surface area (Å²) in [5.41, 5.74) is 2.25. The van der Waals surface area contributed by atoms with Gasteiger partial charge in [0, 0.05) is 31.2 Å². The van der Waals surface area contributed by atoms with Crippen LogP contribution in [0.5, 0.6) is 11.6 Å². The number of urea groups is 1. The molecule has 0 radical (unpaired) electrons. The summed E-state index contributed by atoms with van der Waals surface area (Å²) in [7, 11) is 3.15. The number of carbonyl (C=O) groups is 1. The average Bonchev–Trinajstić information content (AvgIpc) is 2.78. The molecule has 0 atom stereocenters. The monoisotopic (exact) mass is 427 g/mol. The lowest BCUT2D eigenvalue weighted by atomic mass is 10.2. The summed E-state index contributed by atoms with van der Waals surface area (Å²) in [4.78, 5) is 25.7. The van der Waals surface area contributed by atoms with Crippen molar-refractivity contribution in [1.29, 1.82) is 0 Å². The Balaban J connectivity index is 1.46. The van der Waals surface area contributed by atoms with Gasteiger partial charge in [0.2, 0.25) is 0 Å². The minimum atomic E-state index is -0.247. The highest BCUT2D eigenvalue weighted by Gasteiger charge is 2.24. The second-order valence-electron chi connectivity index (χ2n) is 6.79. The minimum absolute atomic E-state index is 0.247. The summed E-state index contributed by atoms with van der Waals surface area (Å²) in [5.74, 6) is 1.35. The molecule has 1 saturated heterocycles. The molecule has 30 heavy (non-hydrogen) atoms. The van der Waals surface area contributed by atoms with Crippen LogP contribution in [0.25, 0.3) is 11.0 Å². The van der Waals surface area contributed by atoms with Gasteiger partial charge in [-0.3, -0.25) is 5.32 Å². The van der Waals surface area contributed by atoms with E-state index in [1.165, 1.54) is 7.11 Å². The predicted molar refractivity (Wildman–Crippen MR) is 117 cm³/mol.